The molecule has 90 valence electrons. The van der Waals surface area contributed by atoms with Gasteiger partial charge in [-0.25, -0.2) is 0 Å². The molecule has 0 amide bonds. The van der Waals surface area contributed by atoms with Crippen molar-refractivity contribution in [3.8, 4) is 12.1 Å². The SMILES string of the molecule is N#C/C=C/CCC[C@@]12CCC[C@@H]1[C@H](C#N)ON2. The summed E-state index contributed by atoms with van der Waals surface area (Å²) in [6.45, 7) is 0. The van der Waals surface area contributed by atoms with Crippen LogP contribution in [0.4, 0.5) is 0 Å². The van der Waals surface area contributed by atoms with Crippen LogP contribution in [-0.2, 0) is 4.84 Å². The Kier molecular flexibility index (Phi) is 3.78. The molecule has 1 aliphatic heterocycles. The standard InChI is InChI=1S/C13H17N3O/c14-9-4-2-1-3-7-13-8-5-6-11(13)12(10-15)17-16-13/h2,4,11-12,16H,1,3,5-8H2/b4-2+/t11-,12+,13-/m1/s1. The van der Waals surface area contributed by atoms with Crippen molar-refractivity contribution in [1.29, 1.82) is 10.5 Å². The Hall–Kier alpha value is -1.36. The molecule has 2 rings (SSSR count). The minimum absolute atomic E-state index is 0.0148. The molecule has 2 aliphatic rings. The molecule has 3 atom stereocenters. The van der Waals surface area contributed by atoms with Crippen LogP contribution in [0.3, 0.4) is 0 Å². The molecule has 1 saturated heterocycles. The molecule has 1 aliphatic carbocycles. The second-order valence-electron chi connectivity index (χ2n) is 4.85. The van der Waals surface area contributed by atoms with Gasteiger partial charge in [0.15, 0.2) is 6.10 Å². The number of unbranched alkanes of at least 4 members (excludes halogenated alkanes) is 1. The van der Waals surface area contributed by atoms with Crippen molar-refractivity contribution >= 4 is 0 Å². The summed E-state index contributed by atoms with van der Waals surface area (Å²) in [6, 6.07) is 4.22. The number of fused-ring (bicyclic) bond motifs is 1. The van der Waals surface area contributed by atoms with Gasteiger partial charge < -0.3 is 0 Å². The molecule has 4 heteroatoms. The summed E-state index contributed by atoms with van der Waals surface area (Å²) >= 11 is 0. The number of hydrogen-bond donors (Lipinski definition) is 1. The Bertz CT molecular complexity index is 379. The van der Waals surface area contributed by atoms with E-state index in [-0.39, 0.29) is 11.6 Å². The van der Waals surface area contributed by atoms with Crippen LogP contribution in [0.5, 0.6) is 0 Å². The van der Waals surface area contributed by atoms with Crippen molar-refractivity contribution in [1.82, 2.24) is 5.48 Å². The van der Waals surface area contributed by atoms with Gasteiger partial charge in [0.2, 0.25) is 0 Å². The molecule has 0 aromatic rings. The van der Waals surface area contributed by atoms with Gasteiger partial charge in [0.1, 0.15) is 0 Å². The molecule has 0 aromatic carbocycles. The third-order valence-corrected chi connectivity index (χ3v) is 3.92. The van der Waals surface area contributed by atoms with Crippen LogP contribution in [0.15, 0.2) is 12.2 Å². The Morgan fingerprint density at radius 2 is 2.35 bits per heavy atom. The molecule has 0 aromatic heterocycles. The van der Waals surface area contributed by atoms with Gasteiger partial charge in [-0.3, -0.25) is 4.84 Å². The zero-order chi connectivity index (χ0) is 12.1. The first-order chi connectivity index (χ1) is 8.32. The van der Waals surface area contributed by atoms with Crippen LogP contribution in [0, 0.1) is 28.6 Å². The Morgan fingerprint density at radius 3 is 3.12 bits per heavy atom. The minimum Gasteiger partial charge on any atom is -0.282 e. The van der Waals surface area contributed by atoms with Crippen molar-refractivity contribution in [3.63, 3.8) is 0 Å². The number of rotatable bonds is 4. The fraction of sp³-hybridized carbons (Fsp3) is 0.692. The van der Waals surface area contributed by atoms with Crippen molar-refractivity contribution in [2.75, 3.05) is 0 Å². The first kappa shape index (κ1) is 12.1. The number of nitriles is 2. The normalized spacial score (nSPS) is 35.6. The van der Waals surface area contributed by atoms with Gasteiger partial charge in [-0.05, 0) is 32.1 Å². The number of hydroxylamine groups is 1. The number of nitrogens with zero attached hydrogens (tertiary/aromatic N) is 2. The molecular weight excluding hydrogens is 214 g/mol. The summed E-state index contributed by atoms with van der Waals surface area (Å²) in [5.41, 5.74) is 3.13. The lowest BCUT2D eigenvalue weighted by atomic mass is 9.81. The van der Waals surface area contributed by atoms with Crippen molar-refractivity contribution < 1.29 is 4.84 Å². The maximum atomic E-state index is 9.01. The van der Waals surface area contributed by atoms with E-state index < -0.39 is 0 Å². The lowest BCUT2D eigenvalue weighted by Crippen LogP contribution is -2.41. The first-order valence-electron chi connectivity index (χ1n) is 6.19. The third-order valence-electron chi connectivity index (χ3n) is 3.92. The molecule has 4 nitrogen and oxygen atoms in total. The van der Waals surface area contributed by atoms with E-state index in [1.807, 2.05) is 12.1 Å². The maximum absolute atomic E-state index is 9.01. The van der Waals surface area contributed by atoms with Crippen LogP contribution in [-0.4, -0.2) is 11.6 Å². The Morgan fingerprint density at radius 1 is 1.47 bits per heavy atom. The highest BCUT2D eigenvalue weighted by Gasteiger charge is 2.52. The minimum atomic E-state index is -0.285. The molecule has 0 unspecified atom stereocenters. The van der Waals surface area contributed by atoms with Crippen LogP contribution < -0.4 is 5.48 Å². The molecular formula is C13H17N3O. The molecule has 17 heavy (non-hydrogen) atoms. The molecule has 1 heterocycles. The van der Waals surface area contributed by atoms with Gasteiger partial charge in [0.05, 0.1) is 12.1 Å². The topological polar surface area (TPSA) is 68.8 Å². The van der Waals surface area contributed by atoms with Gasteiger partial charge in [-0.2, -0.15) is 16.0 Å². The van der Waals surface area contributed by atoms with Gasteiger partial charge >= 0.3 is 0 Å². The van der Waals surface area contributed by atoms with Gasteiger partial charge in [0, 0.05) is 17.5 Å². The quantitative estimate of drug-likeness (QED) is 0.595. The Labute approximate surface area is 102 Å². The zero-order valence-electron chi connectivity index (χ0n) is 9.85. The molecule has 1 N–H and O–H groups in total. The van der Waals surface area contributed by atoms with Crippen molar-refractivity contribution in [3.05, 3.63) is 12.2 Å². The molecule has 1 saturated carbocycles. The van der Waals surface area contributed by atoms with E-state index in [1.54, 1.807) is 0 Å². The third kappa shape index (κ3) is 2.34. The fourth-order valence-electron chi connectivity index (χ4n) is 3.08. The van der Waals surface area contributed by atoms with E-state index >= 15 is 0 Å². The van der Waals surface area contributed by atoms with E-state index in [0.717, 1.165) is 32.1 Å². The first-order valence-corrected chi connectivity index (χ1v) is 6.19. The monoisotopic (exact) mass is 231 g/mol. The van der Waals surface area contributed by atoms with E-state index in [1.165, 1.54) is 12.5 Å². The van der Waals surface area contributed by atoms with Crippen LogP contribution in [0.1, 0.15) is 38.5 Å². The molecule has 0 spiro atoms. The van der Waals surface area contributed by atoms with Gasteiger partial charge in [-0.15, -0.1) is 0 Å². The van der Waals surface area contributed by atoms with Crippen LogP contribution >= 0.6 is 0 Å². The lowest BCUT2D eigenvalue weighted by Gasteiger charge is -2.27. The van der Waals surface area contributed by atoms with E-state index in [9.17, 15) is 0 Å². The van der Waals surface area contributed by atoms with Crippen LogP contribution in [0.25, 0.3) is 0 Å². The summed E-state index contributed by atoms with van der Waals surface area (Å²) in [5.74, 6) is 0.340. The van der Waals surface area contributed by atoms with Crippen molar-refractivity contribution in [2.24, 2.45) is 5.92 Å². The van der Waals surface area contributed by atoms with Gasteiger partial charge in [0.25, 0.3) is 0 Å². The maximum Gasteiger partial charge on any atom is 0.169 e. The highest BCUT2D eigenvalue weighted by atomic mass is 16.7. The fourth-order valence-corrected chi connectivity index (χ4v) is 3.08. The lowest BCUT2D eigenvalue weighted by molar-refractivity contribution is 0.0268. The average molecular weight is 231 g/mol. The van der Waals surface area contributed by atoms with Crippen molar-refractivity contribution in [2.45, 2.75) is 50.2 Å². The second-order valence-corrected chi connectivity index (χ2v) is 4.85. The van der Waals surface area contributed by atoms with Crippen LogP contribution in [0.2, 0.25) is 0 Å². The highest BCUT2D eigenvalue weighted by molar-refractivity contribution is 5.10. The molecule has 0 radical (unpaired) electrons. The second kappa shape index (κ2) is 5.31. The number of hydrogen-bond acceptors (Lipinski definition) is 4. The summed E-state index contributed by atoms with van der Waals surface area (Å²) in [6.07, 6.45) is 9.46. The van der Waals surface area contributed by atoms with Gasteiger partial charge in [-0.1, -0.05) is 12.5 Å². The zero-order valence-corrected chi connectivity index (χ0v) is 9.85. The predicted molar refractivity (Wildman–Crippen MR) is 62.3 cm³/mol. The summed E-state index contributed by atoms with van der Waals surface area (Å²) < 4.78 is 0. The van der Waals surface area contributed by atoms with E-state index in [4.69, 9.17) is 15.4 Å². The smallest absolute Gasteiger partial charge is 0.169 e. The number of allylic oxidation sites excluding steroid dienone is 2. The summed E-state index contributed by atoms with van der Waals surface area (Å²) in [5, 5.41) is 17.4. The highest BCUT2D eigenvalue weighted by Crippen LogP contribution is 2.45. The molecule has 2 fully saturated rings. The average Bonchev–Trinajstić information content (AvgIpc) is 2.87. The summed E-state index contributed by atoms with van der Waals surface area (Å²) in [4.78, 5) is 5.37. The molecule has 0 bridgehead atoms. The Balaban J connectivity index is 1.89. The largest absolute Gasteiger partial charge is 0.282 e. The summed E-state index contributed by atoms with van der Waals surface area (Å²) in [7, 11) is 0. The number of nitrogens with one attached hydrogen (secondary N) is 1. The van der Waals surface area contributed by atoms with E-state index in [0.29, 0.717) is 5.92 Å². The van der Waals surface area contributed by atoms with E-state index in [2.05, 4.69) is 11.5 Å². The predicted octanol–water partition coefficient (Wildman–Crippen LogP) is 2.20.